The molecule has 4 radical (unpaired) electrons. The van der Waals surface area contributed by atoms with E-state index in [1.807, 2.05) is 13.8 Å². The van der Waals surface area contributed by atoms with Gasteiger partial charge in [-0.1, -0.05) is 165 Å². The van der Waals surface area contributed by atoms with E-state index in [1.165, 1.54) is 52.3 Å². The maximum Gasteiger partial charge on any atom is 0.209 e. The molecule has 0 amide bonds. The minimum Gasteiger partial charge on any atom is -0.390 e. The van der Waals surface area contributed by atoms with Gasteiger partial charge in [-0.05, 0) is 150 Å². The first-order chi connectivity index (χ1) is 33.8. The van der Waals surface area contributed by atoms with Gasteiger partial charge in [0.05, 0.1) is 30.0 Å². The van der Waals surface area contributed by atoms with Crippen LogP contribution in [0.3, 0.4) is 0 Å². The van der Waals surface area contributed by atoms with Crippen LogP contribution < -0.4 is 0 Å². The van der Waals surface area contributed by atoms with Gasteiger partial charge < -0.3 is 26.6 Å². The summed E-state index contributed by atoms with van der Waals surface area (Å²) in [5.41, 5.74) is 8.80. The van der Waals surface area contributed by atoms with Gasteiger partial charge in [-0.15, -0.1) is 0 Å². The monoisotopic (exact) mass is 993 g/mol. The topological polar surface area (TPSA) is 74.2 Å². The first kappa shape index (κ1) is 48.8. The Kier molecular flexibility index (Phi) is 16.3. The molecule has 0 aromatic rings. The van der Waals surface area contributed by atoms with Crippen LogP contribution in [0.25, 0.3) is 0 Å². The van der Waals surface area contributed by atoms with Gasteiger partial charge in [0.1, 0.15) is 5.78 Å². The van der Waals surface area contributed by atoms with E-state index in [9.17, 15) is 9.90 Å². The average molecular weight is 993 g/mol. The Morgan fingerprint density at radius 2 is 1.15 bits per heavy atom. The molecular formula is C53H80B4O6S4. The number of carbonyl (C=O) groups excluding carboxylic acids is 1. The Labute approximate surface area is 433 Å². The smallest absolute Gasteiger partial charge is 0.209 e. The number of aliphatic hydroxyl groups is 1. The predicted octanol–water partition coefficient (Wildman–Crippen LogP) is 12.4. The van der Waals surface area contributed by atoms with Crippen LogP contribution in [0, 0.1) is 57.2 Å². The van der Waals surface area contributed by atoms with Crippen LogP contribution in [0.4, 0.5) is 0 Å². The third-order valence-corrected chi connectivity index (χ3v) is 20.3. The van der Waals surface area contributed by atoms with E-state index in [1.54, 1.807) is 29.2 Å². The van der Waals surface area contributed by atoms with Crippen molar-refractivity contribution >= 4 is 81.7 Å². The summed E-state index contributed by atoms with van der Waals surface area (Å²) in [7, 11) is 5.01. The minimum atomic E-state index is -0.586. The predicted molar refractivity (Wildman–Crippen MR) is 293 cm³/mol. The maximum atomic E-state index is 11.4. The lowest BCUT2D eigenvalue weighted by molar-refractivity contribution is -0.117. The van der Waals surface area contributed by atoms with Gasteiger partial charge in [-0.2, -0.15) is 0 Å². The first-order valence-electron chi connectivity index (χ1n) is 27.6. The fourth-order valence-corrected chi connectivity index (χ4v) is 16.7. The molecule has 0 aromatic heterocycles. The Morgan fingerprint density at radius 3 is 1.57 bits per heavy atom. The van der Waals surface area contributed by atoms with Crippen LogP contribution in [0.5, 0.6) is 0 Å². The summed E-state index contributed by atoms with van der Waals surface area (Å²) >= 11 is 4.43. The van der Waals surface area contributed by atoms with Gasteiger partial charge in [0, 0.05) is 30.1 Å². The van der Waals surface area contributed by atoms with Gasteiger partial charge in [-0.25, -0.2) is 0 Å². The zero-order valence-electron chi connectivity index (χ0n) is 46.0. The second-order valence-electron chi connectivity index (χ2n) is 23.2. The van der Waals surface area contributed by atoms with Crippen LogP contribution in [0.2, 0.25) is 0 Å². The normalized spacial score (nSPS) is 38.9. The molecule has 0 aliphatic heterocycles. The van der Waals surface area contributed by atoms with Crippen molar-refractivity contribution in [2.45, 2.75) is 195 Å². The molecule has 8 aliphatic carbocycles. The molecule has 0 heterocycles. The molecule has 0 bridgehead atoms. The Hall–Kier alpha value is -0.430. The summed E-state index contributed by atoms with van der Waals surface area (Å²) in [6.07, 6.45) is 30.5. The molecule has 4 fully saturated rings. The third kappa shape index (κ3) is 10.8. The van der Waals surface area contributed by atoms with Crippen LogP contribution in [-0.2, 0) is 21.5 Å². The molecular weight excluding hydrogens is 904 g/mol. The van der Waals surface area contributed by atoms with Crippen LogP contribution in [0.15, 0.2) is 69.9 Å². The highest BCUT2D eigenvalue weighted by atomic mass is 32.2. The lowest BCUT2D eigenvalue weighted by Gasteiger charge is -2.57. The van der Waals surface area contributed by atoms with E-state index in [-0.39, 0.29) is 46.1 Å². The second-order valence-corrected chi connectivity index (χ2v) is 24.7. The van der Waals surface area contributed by atoms with E-state index in [2.05, 4.69) is 78.0 Å². The first-order valence-corrected chi connectivity index (χ1v) is 28.6. The molecule has 67 heavy (non-hydrogen) atoms. The van der Waals surface area contributed by atoms with E-state index >= 15 is 0 Å². The van der Waals surface area contributed by atoms with Crippen molar-refractivity contribution in [3.8, 4) is 0 Å². The van der Waals surface area contributed by atoms with Crippen molar-refractivity contribution in [3.63, 3.8) is 0 Å². The number of rotatable bonds is 22. The zero-order chi connectivity index (χ0) is 51.4. The Bertz CT molecular complexity index is 2070. The highest BCUT2D eigenvalue weighted by Crippen LogP contribution is 2.67. The summed E-state index contributed by atoms with van der Waals surface area (Å²) in [5, 5.41) is 10.1. The van der Waals surface area contributed by atoms with E-state index < -0.39 is 5.60 Å². The number of ketones is 1. The van der Waals surface area contributed by atoms with E-state index in [0.29, 0.717) is 47.7 Å². The summed E-state index contributed by atoms with van der Waals surface area (Å²) in [6.45, 7) is 20.0. The van der Waals surface area contributed by atoms with Crippen LogP contribution >= 0.6 is 47.6 Å². The second kappa shape index (κ2) is 22.4. The number of fused-ring (bicyclic) bond motifs is 10. The summed E-state index contributed by atoms with van der Waals surface area (Å²) in [6, 6.07) is 0. The molecule has 6 nitrogen and oxygen atoms in total. The highest BCUT2D eigenvalue weighted by molar-refractivity contribution is 8.16. The van der Waals surface area contributed by atoms with Gasteiger partial charge in [0.2, 0.25) is 28.4 Å². The van der Waals surface area contributed by atoms with Gasteiger partial charge in [0.15, 0.2) is 0 Å². The lowest BCUT2D eigenvalue weighted by Crippen LogP contribution is -2.52. The fraction of sp³-hybridized carbons (Fsp3) is 0.755. The quantitative estimate of drug-likeness (QED) is 0.0644. The summed E-state index contributed by atoms with van der Waals surface area (Å²) < 4.78 is 54.0. The largest absolute Gasteiger partial charge is 0.390 e. The molecule has 364 valence electrons. The number of Topliss-reactive ketones (excluding diaryl/α,β-unsaturated/α-hetero) is 1. The summed E-state index contributed by atoms with van der Waals surface area (Å²) in [5.74, 6) is 3.31. The van der Waals surface area contributed by atoms with Crippen LogP contribution in [0.1, 0.15) is 165 Å². The molecule has 0 saturated heterocycles. The van der Waals surface area contributed by atoms with E-state index in [4.69, 9.17) is 22.1 Å². The number of allylic oxidation sites excluding steroid dienone is 10. The SMILES string of the molecule is [3H][B]SO[C@@H]1CC2=CC=C3C(CC[C@]4(C)C([C@@H](C)CCCC(C)(C)O)=CCC34)[C@@]2(C)[C@@H](OS[B][3H])C1.[3H][B]SO[C@@H]1CC2=CC=C3C(CC[C@]4(C)C([C@@H](C)CCCC(C)=O)=CCC34)[C@@]2(C)[C@@H](OS[B][3H])C1. The zero-order valence-corrected chi connectivity index (χ0v) is 45.2. The third-order valence-electron chi connectivity index (χ3n) is 18.9. The Balaban J connectivity index is 0.000000209. The van der Waals surface area contributed by atoms with Crippen molar-refractivity contribution < 1.29 is 26.6 Å². The van der Waals surface area contributed by atoms with Gasteiger partial charge in [-0.3, -0.25) is 0 Å². The molecule has 0 spiro atoms. The van der Waals surface area contributed by atoms with Crippen molar-refractivity contribution in [1.29, 1.82) is 5.34 Å². The molecule has 1 N–H and O–H groups in total. The van der Waals surface area contributed by atoms with Crippen molar-refractivity contribution in [2.24, 2.45) is 57.2 Å². The highest BCUT2D eigenvalue weighted by Gasteiger charge is 2.60. The maximum absolute atomic E-state index is 11.4. The van der Waals surface area contributed by atoms with Gasteiger partial charge >= 0.3 is 0 Å². The van der Waals surface area contributed by atoms with Crippen molar-refractivity contribution in [1.82, 2.24) is 0 Å². The minimum absolute atomic E-state index is 0.0108. The number of carbonyl (C=O) groups is 1. The lowest BCUT2D eigenvalue weighted by atomic mass is 9.49. The Morgan fingerprint density at radius 1 is 0.716 bits per heavy atom. The van der Waals surface area contributed by atoms with Crippen LogP contribution in [-0.4, -0.2) is 74.6 Å². The average Bonchev–Trinajstić information content (AvgIpc) is 3.88. The fourth-order valence-electron chi connectivity index (χ4n) is 15.3. The molecule has 8 aliphatic rings. The van der Waals surface area contributed by atoms with Crippen molar-refractivity contribution in [2.75, 3.05) is 0 Å². The van der Waals surface area contributed by atoms with Crippen molar-refractivity contribution in [3.05, 3.63) is 69.9 Å². The number of hydrogen-bond donors (Lipinski definition) is 1. The molecule has 14 atom stereocenters. The summed E-state index contributed by atoms with van der Waals surface area (Å²) in [4.78, 5) is 11.4. The number of hydrogen-bond acceptors (Lipinski definition) is 10. The molecule has 0 aromatic carbocycles. The van der Waals surface area contributed by atoms with Gasteiger partial charge in [0.25, 0.3) is 0 Å². The standard InChI is InChI=1S/C27H42B2O3S2.C26H38B2O3S2/c1-17(7-6-13-25(2,3)30)21-10-11-22-20-9-8-18-15-19(31-33-28)16-24(32-34-29)27(18,5)23(20)12-14-26(21,22)4;1-16(6-5-7-17(2)29)21-10-11-22-20-9-8-18-14-19(30-32-27)15-24(31-33-28)26(18,4)23(20)12-13-25(21,22)3/h8-10,17,19,22-24,28-30H,6-7,11-16H2,1-5H3;8-10,16,19,22-24,27-28H,5-7,11-15H2,1-4H3/t17-,19+,22?,23?,24-,26+,27-;16-,19+,22?,23?,24-,25+,26-/m00/s1/i28T,29T;27T,28T. The molecule has 8 rings (SSSR count). The molecule has 14 heteroatoms. The molecule has 4 saturated carbocycles. The van der Waals surface area contributed by atoms with E-state index in [0.717, 1.165) is 131 Å². The molecule has 4 unspecified atom stereocenters.